The summed E-state index contributed by atoms with van der Waals surface area (Å²) in [4.78, 5) is 31.3. The number of hydrogen-bond acceptors (Lipinski definition) is 7. The number of thioether (sulfide) groups is 1. The van der Waals surface area contributed by atoms with E-state index in [-0.39, 0.29) is 35.0 Å². The predicted molar refractivity (Wildman–Crippen MR) is 207 cm³/mol. The smallest absolute Gasteiger partial charge is 0.410 e. The highest BCUT2D eigenvalue weighted by molar-refractivity contribution is 7.98. The van der Waals surface area contributed by atoms with E-state index in [0.717, 1.165) is 18.2 Å². The average Bonchev–Trinajstić information content (AvgIpc) is 3.33. The van der Waals surface area contributed by atoms with E-state index in [4.69, 9.17) is 14.7 Å². The fraction of sp³-hybridized carbons (Fsp3) is 0.500. The molecule has 2 aliphatic rings. The molecule has 7 nitrogen and oxygen atoms in total. The maximum atomic E-state index is 17.0. The molecule has 0 saturated carbocycles. The zero-order valence-corrected chi connectivity index (χ0v) is 33.2. The van der Waals surface area contributed by atoms with Gasteiger partial charge in [0.15, 0.2) is 11.0 Å². The summed E-state index contributed by atoms with van der Waals surface area (Å²) in [6.45, 7) is 20.1. The summed E-state index contributed by atoms with van der Waals surface area (Å²) in [6.07, 6.45) is 4.90. The third-order valence-electron chi connectivity index (χ3n) is 10.7. The molecule has 2 aromatic carbocycles. The molecule has 2 aliphatic heterocycles. The van der Waals surface area contributed by atoms with E-state index in [0.29, 0.717) is 57.0 Å². The van der Waals surface area contributed by atoms with Gasteiger partial charge >= 0.3 is 6.09 Å². The van der Waals surface area contributed by atoms with E-state index >= 15 is 8.78 Å². The molecule has 270 valence electrons. The van der Waals surface area contributed by atoms with Gasteiger partial charge in [0.1, 0.15) is 36.5 Å². The number of carbonyl (C=O) groups excluding carboxylic acids is 1. The first kappa shape index (κ1) is 37.0. The van der Waals surface area contributed by atoms with Crippen LogP contribution in [0.4, 0.5) is 19.4 Å². The zero-order valence-electron chi connectivity index (χ0n) is 31.4. The maximum Gasteiger partial charge on any atom is 0.410 e. The van der Waals surface area contributed by atoms with E-state index in [1.165, 1.54) is 17.8 Å². The lowest BCUT2D eigenvalue weighted by molar-refractivity contribution is 0.0123. The molecule has 2 aromatic heterocycles. The van der Waals surface area contributed by atoms with Crippen LogP contribution < -0.4 is 4.90 Å². The predicted octanol–water partition coefficient (Wildman–Crippen LogP) is 10.0. The average molecular weight is 730 g/mol. The van der Waals surface area contributed by atoms with Gasteiger partial charge in [-0.2, -0.15) is 0 Å². The minimum atomic E-state index is -2.20. The first-order chi connectivity index (χ1) is 24.1. The SMILES string of the molecule is CSc1nc(N2CC3CCC(C2)N3C(=O)OC(C)(C)C)c2cnc(-c3cccc4ccc(F)c(C#C[Si](C(C)C)(C(C)C)C(C)C)c34)c(F)c2n1. The number of carbonyl (C=O) groups is 1. The lowest BCUT2D eigenvalue weighted by Crippen LogP contribution is -2.57. The van der Waals surface area contributed by atoms with Gasteiger partial charge in [0.25, 0.3) is 0 Å². The third-order valence-corrected chi connectivity index (χ3v) is 17.6. The molecular weight excluding hydrogens is 681 g/mol. The largest absolute Gasteiger partial charge is 0.444 e. The Balaban J connectivity index is 1.47. The number of amides is 1. The molecule has 0 spiro atoms. The molecule has 11 heteroatoms. The maximum absolute atomic E-state index is 17.0. The zero-order chi connectivity index (χ0) is 37.0. The second-order valence-corrected chi connectivity index (χ2v) is 22.2. The fourth-order valence-electron chi connectivity index (χ4n) is 8.51. The molecule has 0 N–H and O–H groups in total. The summed E-state index contributed by atoms with van der Waals surface area (Å²) in [7, 11) is -2.20. The van der Waals surface area contributed by atoms with Crippen molar-refractivity contribution in [2.24, 2.45) is 0 Å². The Kier molecular flexibility index (Phi) is 10.2. The van der Waals surface area contributed by atoms with Crippen LogP contribution in [0, 0.1) is 23.1 Å². The molecule has 2 atom stereocenters. The lowest BCUT2D eigenvalue weighted by Gasteiger charge is -2.42. The van der Waals surface area contributed by atoms with Crippen LogP contribution in [0.2, 0.25) is 16.6 Å². The van der Waals surface area contributed by atoms with Crippen molar-refractivity contribution in [2.45, 2.75) is 115 Å². The Hall–Kier alpha value is -3.75. The standard InChI is InChI=1S/C40H49F2N5O2SSi/c1-23(2)51(24(3)4,25(5)6)19-18-29-32(41)17-14-26-12-11-13-30(33(26)29)35-34(42)36-31(20-43-35)37(45-38(44-36)50-10)46-21-27-15-16-28(22-46)47(27)39(48)49-40(7,8)9/h11-14,17,20,23-25,27-28H,15-16,21-22H2,1-10H3. The summed E-state index contributed by atoms with van der Waals surface area (Å²) in [5.41, 5.74) is 5.19. The van der Waals surface area contributed by atoms with Gasteiger partial charge < -0.3 is 9.64 Å². The van der Waals surface area contributed by atoms with Crippen molar-refractivity contribution in [3.05, 3.63) is 53.7 Å². The highest BCUT2D eigenvalue weighted by Crippen LogP contribution is 2.42. The van der Waals surface area contributed by atoms with Crippen molar-refractivity contribution in [1.29, 1.82) is 0 Å². The van der Waals surface area contributed by atoms with E-state index in [2.05, 4.69) is 62.9 Å². The molecule has 51 heavy (non-hydrogen) atoms. The van der Waals surface area contributed by atoms with Gasteiger partial charge in [0.05, 0.1) is 23.0 Å². The van der Waals surface area contributed by atoms with Gasteiger partial charge in [-0.15, -0.1) is 5.54 Å². The van der Waals surface area contributed by atoms with E-state index in [1.807, 2.05) is 44.1 Å². The number of rotatable bonds is 6. The van der Waals surface area contributed by atoms with Gasteiger partial charge in [-0.3, -0.25) is 9.88 Å². The normalized spacial score (nSPS) is 17.9. The van der Waals surface area contributed by atoms with Crippen LogP contribution >= 0.6 is 11.8 Å². The van der Waals surface area contributed by atoms with Gasteiger partial charge in [0.2, 0.25) is 0 Å². The lowest BCUT2D eigenvalue weighted by atomic mass is 9.96. The van der Waals surface area contributed by atoms with Crippen molar-refractivity contribution in [3.63, 3.8) is 0 Å². The monoisotopic (exact) mass is 729 g/mol. The Morgan fingerprint density at radius 3 is 2.22 bits per heavy atom. The number of hydrogen-bond donors (Lipinski definition) is 0. The Morgan fingerprint density at radius 2 is 1.63 bits per heavy atom. The van der Waals surface area contributed by atoms with Crippen LogP contribution in [-0.4, -0.2) is 71.0 Å². The Bertz CT molecular complexity index is 2020. The van der Waals surface area contributed by atoms with E-state index < -0.39 is 25.3 Å². The van der Waals surface area contributed by atoms with Crippen molar-refractivity contribution < 1.29 is 18.3 Å². The van der Waals surface area contributed by atoms with Crippen molar-refractivity contribution in [2.75, 3.05) is 24.2 Å². The first-order valence-electron chi connectivity index (χ1n) is 18.0. The van der Waals surface area contributed by atoms with E-state index in [1.54, 1.807) is 18.3 Å². The van der Waals surface area contributed by atoms with Crippen molar-refractivity contribution in [3.8, 4) is 22.7 Å². The van der Waals surface area contributed by atoms with Crippen LogP contribution in [0.5, 0.6) is 0 Å². The molecule has 2 unspecified atom stereocenters. The molecule has 4 aromatic rings. The second kappa shape index (κ2) is 14.0. The van der Waals surface area contributed by atoms with Gasteiger partial charge in [-0.05, 0) is 67.9 Å². The molecule has 2 bridgehead atoms. The van der Waals surface area contributed by atoms with Crippen LogP contribution in [0.15, 0.2) is 41.7 Å². The number of aromatic nitrogens is 3. The highest BCUT2D eigenvalue weighted by Gasteiger charge is 2.45. The Labute approximate surface area is 306 Å². The van der Waals surface area contributed by atoms with Crippen molar-refractivity contribution >= 4 is 53.4 Å². The van der Waals surface area contributed by atoms with Gasteiger partial charge in [-0.25, -0.2) is 23.5 Å². The molecule has 0 radical (unpaired) electrons. The van der Waals surface area contributed by atoms with Gasteiger partial charge in [-0.1, -0.05) is 83.5 Å². The minimum Gasteiger partial charge on any atom is -0.444 e. The number of pyridine rings is 1. The minimum absolute atomic E-state index is 0.0487. The Morgan fingerprint density at radius 1 is 0.980 bits per heavy atom. The summed E-state index contributed by atoms with van der Waals surface area (Å²) >= 11 is 1.34. The van der Waals surface area contributed by atoms with Crippen LogP contribution in [0.3, 0.4) is 0 Å². The number of anilines is 1. The number of nitrogens with zero attached hydrogens (tertiary/aromatic N) is 5. The molecule has 6 rings (SSSR count). The number of ether oxygens (including phenoxy) is 1. The number of halogens is 2. The van der Waals surface area contributed by atoms with E-state index in [9.17, 15) is 4.79 Å². The molecular formula is C40H49F2N5O2SSi. The highest BCUT2D eigenvalue weighted by atomic mass is 32.2. The van der Waals surface area contributed by atoms with Crippen molar-refractivity contribution in [1.82, 2.24) is 19.9 Å². The topological polar surface area (TPSA) is 71.5 Å². The first-order valence-corrected chi connectivity index (χ1v) is 21.4. The third kappa shape index (κ3) is 6.70. The number of piperazine rings is 1. The summed E-state index contributed by atoms with van der Waals surface area (Å²) in [5, 5.41) is 2.23. The molecule has 0 aliphatic carbocycles. The van der Waals surface area contributed by atoms with Crippen LogP contribution in [-0.2, 0) is 4.74 Å². The second-order valence-electron chi connectivity index (χ2n) is 15.9. The molecule has 1 amide bonds. The summed E-state index contributed by atoms with van der Waals surface area (Å²) < 4.78 is 38.6. The summed E-state index contributed by atoms with van der Waals surface area (Å²) in [5.74, 6) is 2.90. The van der Waals surface area contributed by atoms with Crippen LogP contribution in [0.1, 0.15) is 80.7 Å². The molecule has 2 saturated heterocycles. The molecule has 4 heterocycles. The number of fused-ring (bicyclic) bond motifs is 4. The summed E-state index contributed by atoms with van der Waals surface area (Å²) in [6, 6.07) is 8.59. The van der Waals surface area contributed by atoms with Gasteiger partial charge in [0, 0.05) is 30.2 Å². The van der Waals surface area contributed by atoms with Crippen LogP contribution in [0.25, 0.3) is 32.9 Å². The quantitative estimate of drug-likeness (QED) is 0.0847. The number of benzene rings is 2. The fourth-order valence-corrected chi connectivity index (χ4v) is 14.1. The molecule has 2 fully saturated rings.